The Hall–Kier alpha value is -3.76. The molecule has 6 aromatic rings. The minimum absolute atomic E-state index is 0.692. The van der Waals surface area contributed by atoms with Gasteiger partial charge in [-0.1, -0.05) is 60.2 Å². The summed E-state index contributed by atoms with van der Waals surface area (Å²) < 4.78 is 10.7. The summed E-state index contributed by atoms with van der Waals surface area (Å²) in [5.74, 6) is 1.70. The van der Waals surface area contributed by atoms with Gasteiger partial charge in [-0.3, -0.25) is 8.97 Å². The number of fused-ring (bicyclic) bond motifs is 8. The number of allylic oxidation sites excluding steroid dienone is 2. The zero-order valence-electron chi connectivity index (χ0n) is 16.4. The molecule has 0 bridgehead atoms. The fourth-order valence-electron chi connectivity index (χ4n) is 4.69. The van der Waals surface area contributed by atoms with Crippen LogP contribution < -0.4 is 0 Å². The van der Waals surface area contributed by atoms with Gasteiger partial charge in [-0.2, -0.15) is 0 Å². The highest BCUT2D eigenvalue weighted by molar-refractivity contribution is 6.35. The molecule has 3 aromatic heterocycles. The van der Waals surface area contributed by atoms with Gasteiger partial charge in [0.2, 0.25) is 5.78 Å². The minimum atomic E-state index is 0.692. The molecule has 3 heterocycles. The second-order valence-electron chi connectivity index (χ2n) is 7.75. The van der Waals surface area contributed by atoms with Crippen LogP contribution in [0.5, 0.6) is 0 Å². The Bertz CT molecular complexity index is 1730. The maximum absolute atomic E-state index is 6.71. The number of benzene rings is 3. The first-order valence-electron chi connectivity index (χ1n) is 10.3. The largest absolute Gasteiger partial charge is 0.454 e. The van der Waals surface area contributed by atoms with Crippen LogP contribution in [0.4, 0.5) is 0 Å². The first-order chi connectivity index (χ1) is 15.3. The molecule has 0 amide bonds. The maximum atomic E-state index is 6.71. The Morgan fingerprint density at radius 3 is 2.68 bits per heavy atom. The first kappa shape index (κ1) is 17.0. The normalized spacial score (nSPS) is 13.6. The van der Waals surface area contributed by atoms with Gasteiger partial charge < -0.3 is 4.42 Å². The highest BCUT2D eigenvalue weighted by atomic mass is 35.5. The van der Waals surface area contributed by atoms with E-state index in [0.717, 1.165) is 62.2 Å². The van der Waals surface area contributed by atoms with E-state index in [1.807, 2.05) is 30.3 Å². The molecule has 0 aliphatic heterocycles. The van der Waals surface area contributed by atoms with Crippen LogP contribution in [0.15, 0.2) is 77.2 Å². The first-order valence-corrected chi connectivity index (χ1v) is 10.6. The van der Waals surface area contributed by atoms with Crippen LogP contribution in [0, 0.1) is 0 Å². The summed E-state index contributed by atoms with van der Waals surface area (Å²) in [7, 11) is 0. The second-order valence-corrected chi connectivity index (χ2v) is 8.16. The molecular formula is C26H16ClN3O. The van der Waals surface area contributed by atoms with E-state index in [9.17, 15) is 0 Å². The van der Waals surface area contributed by atoms with Crippen LogP contribution in [0.3, 0.4) is 0 Å². The smallest absolute Gasteiger partial charge is 0.220 e. The van der Waals surface area contributed by atoms with E-state index in [0.29, 0.717) is 5.02 Å². The fourth-order valence-corrected chi connectivity index (χ4v) is 4.94. The Balaban J connectivity index is 1.68. The van der Waals surface area contributed by atoms with E-state index in [1.165, 1.54) is 0 Å². The number of nitrogens with zero attached hydrogens (tertiary/aromatic N) is 3. The quantitative estimate of drug-likeness (QED) is 0.280. The van der Waals surface area contributed by atoms with E-state index in [4.69, 9.17) is 21.0 Å². The van der Waals surface area contributed by atoms with Gasteiger partial charge in [0.1, 0.15) is 5.76 Å². The van der Waals surface area contributed by atoms with Crippen molar-refractivity contribution < 1.29 is 4.42 Å². The van der Waals surface area contributed by atoms with Crippen LogP contribution in [0.2, 0.25) is 5.02 Å². The summed E-state index contributed by atoms with van der Waals surface area (Å²) in [5.41, 5.74) is 6.80. The number of para-hydroxylation sites is 4. The standard InChI is InChI=1S/C26H16ClN3O/c27-18-10-7-13-21-24(18)30-20-12-5-4-11-19(20)28-26(30)29(21)22-14-6-9-17-16-8-2-1-3-15-23(16)31-25(17)22/h2-15H,1H2. The van der Waals surface area contributed by atoms with E-state index in [-0.39, 0.29) is 0 Å². The fraction of sp³-hybridized carbons (Fsp3) is 0.0385. The summed E-state index contributed by atoms with van der Waals surface area (Å²) in [5, 5.41) is 1.78. The Kier molecular flexibility index (Phi) is 3.35. The van der Waals surface area contributed by atoms with Crippen LogP contribution in [-0.2, 0) is 0 Å². The lowest BCUT2D eigenvalue weighted by atomic mass is 10.1. The molecule has 0 unspecified atom stereocenters. The molecule has 1 aliphatic rings. The van der Waals surface area contributed by atoms with Crippen LogP contribution in [0.25, 0.3) is 56.7 Å². The zero-order chi connectivity index (χ0) is 20.5. The van der Waals surface area contributed by atoms with Gasteiger partial charge in [-0.05, 0) is 42.8 Å². The van der Waals surface area contributed by atoms with Crippen molar-refractivity contribution in [1.82, 2.24) is 14.0 Å². The van der Waals surface area contributed by atoms with Gasteiger partial charge in [0.05, 0.1) is 32.8 Å². The lowest BCUT2D eigenvalue weighted by molar-refractivity contribution is 0.601. The molecule has 0 radical (unpaired) electrons. The van der Waals surface area contributed by atoms with Gasteiger partial charge in [0.25, 0.3) is 0 Å². The Labute approximate surface area is 182 Å². The number of aromatic nitrogens is 3. The predicted molar refractivity (Wildman–Crippen MR) is 127 cm³/mol. The molecule has 0 saturated heterocycles. The van der Waals surface area contributed by atoms with Crippen molar-refractivity contribution in [3.8, 4) is 5.69 Å². The molecular weight excluding hydrogens is 406 g/mol. The molecule has 31 heavy (non-hydrogen) atoms. The third-order valence-electron chi connectivity index (χ3n) is 6.00. The highest BCUT2D eigenvalue weighted by Crippen LogP contribution is 2.38. The van der Waals surface area contributed by atoms with Crippen LogP contribution in [-0.4, -0.2) is 14.0 Å². The predicted octanol–water partition coefficient (Wildman–Crippen LogP) is 7.26. The van der Waals surface area contributed by atoms with Crippen molar-refractivity contribution in [2.24, 2.45) is 0 Å². The topological polar surface area (TPSA) is 35.4 Å². The van der Waals surface area contributed by atoms with Crippen LogP contribution >= 0.6 is 11.6 Å². The van der Waals surface area contributed by atoms with Gasteiger partial charge in [-0.15, -0.1) is 0 Å². The molecule has 4 nitrogen and oxygen atoms in total. The summed E-state index contributed by atoms with van der Waals surface area (Å²) in [6, 6.07) is 20.4. The average Bonchev–Trinajstić information content (AvgIpc) is 3.36. The number of furan rings is 1. The number of halogens is 1. The SMILES string of the molecule is Clc1cccc2c1n1c3ccccc3nc1n2-c1cccc2c3c(oc12)C=CCC=C3. The maximum Gasteiger partial charge on any atom is 0.220 e. The van der Waals surface area contributed by atoms with Gasteiger partial charge >= 0.3 is 0 Å². The van der Waals surface area contributed by atoms with E-state index < -0.39 is 0 Å². The third kappa shape index (κ3) is 2.23. The van der Waals surface area contributed by atoms with E-state index in [1.54, 1.807) is 0 Å². The lowest BCUT2D eigenvalue weighted by Crippen LogP contribution is -1.95. The molecule has 0 N–H and O–H groups in total. The molecule has 3 aromatic carbocycles. The molecule has 0 spiro atoms. The number of rotatable bonds is 1. The van der Waals surface area contributed by atoms with Gasteiger partial charge in [0, 0.05) is 10.9 Å². The van der Waals surface area contributed by atoms with Gasteiger partial charge in [-0.25, -0.2) is 4.98 Å². The van der Waals surface area contributed by atoms with Crippen molar-refractivity contribution >= 4 is 62.6 Å². The molecule has 7 rings (SSSR count). The molecule has 0 saturated carbocycles. The Morgan fingerprint density at radius 2 is 1.71 bits per heavy atom. The Morgan fingerprint density at radius 1 is 0.871 bits per heavy atom. The summed E-state index contributed by atoms with van der Waals surface area (Å²) in [6.07, 6.45) is 9.40. The summed E-state index contributed by atoms with van der Waals surface area (Å²) in [6.45, 7) is 0. The van der Waals surface area contributed by atoms with Crippen molar-refractivity contribution in [3.05, 3.63) is 89.2 Å². The highest BCUT2D eigenvalue weighted by Gasteiger charge is 2.22. The summed E-state index contributed by atoms with van der Waals surface area (Å²) in [4.78, 5) is 4.97. The average molecular weight is 422 g/mol. The number of hydrogen-bond donors (Lipinski definition) is 0. The molecule has 0 fully saturated rings. The summed E-state index contributed by atoms with van der Waals surface area (Å²) >= 11 is 6.71. The van der Waals surface area contributed by atoms with E-state index in [2.05, 4.69) is 63.6 Å². The third-order valence-corrected chi connectivity index (χ3v) is 6.31. The zero-order valence-corrected chi connectivity index (χ0v) is 17.2. The molecule has 1 aliphatic carbocycles. The van der Waals surface area contributed by atoms with Gasteiger partial charge in [0.15, 0.2) is 5.58 Å². The molecule has 148 valence electrons. The van der Waals surface area contributed by atoms with Crippen LogP contribution in [0.1, 0.15) is 17.7 Å². The molecule has 5 heteroatoms. The number of imidazole rings is 2. The van der Waals surface area contributed by atoms with Crippen molar-refractivity contribution in [3.63, 3.8) is 0 Å². The van der Waals surface area contributed by atoms with Crippen molar-refractivity contribution in [1.29, 1.82) is 0 Å². The number of hydrogen-bond acceptors (Lipinski definition) is 2. The van der Waals surface area contributed by atoms with Crippen molar-refractivity contribution in [2.75, 3.05) is 0 Å². The monoisotopic (exact) mass is 421 g/mol. The second kappa shape index (κ2) is 6.13. The minimum Gasteiger partial charge on any atom is -0.454 e. The van der Waals surface area contributed by atoms with E-state index >= 15 is 0 Å². The lowest BCUT2D eigenvalue weighted by Gasteiger charge is -2.06. The van der Waals surface area contributed by atoms with Crippen molar-refractivity contribution in [2.45, 2.75) is 6.42 Å². The molecule has 0 atom stereocenters.